The van der Waals surface area contributed by atoms with E-state index >= 15 is 0 Å². The van der Waals surface area contributed by atoms with Gasteiger partial charge in [-0.3, -0.25) is 4.79 Å². The molecule has 0 aliphatic heterocycles. The second-order valence-corrected chi connectivity index (χ2v) is 4.74. The first-order valence-corrected chi connectivity index (χ1v) is 6.62. The Morgan fingerprint density at radius 1 is 1.30 bits per heavy atom. The first-order chi connectivity index (χ1) is 9.51. The standard InChI is InChI=1S/C15H21NO4/c1-4-10(2)12(15(18)19)16-14(17)13(20-3)11-8-6-5-7-9-11/h5-10,12-13H,4H2,1-3H3,(H,16,17)(H,18,19)/t10?,12?,13-/m1/s1. The topological polar surface area (TPSA) is 75.6 Å². The third-order valence-electron chi connectivity index (χ3n) is 3.35. The summed E-state index contributed by atoms with van der Waals surface area (Å²) in [7, 11) is 1.43. The average Bonchev–Trinajstić information content (AvgIpc) is 2.45. The number of amides is 1. The number of aliphatic carboxylic acids is 1. The molecule has 2 N–H and O–H groups in total. The van der Waals surface area contributed by atoms with E-state index in [1.807, 2.05) is 13.0 Å². The normalized spacial score (nSPS) is 15.2. The largest absolute Gasteiger partial charge is 0.480 e. The van der Waals surface area contributed by atoms with Gasteiger partial charge in [0.05, 0.1) is 0 Å². The van der Waals surface area contributed by atoms with E-state index in [2.05, 4.69) is 5.32 Å². The molecule has 0 saturated heterocycles. The van der Waals surface area contributed by atoms with Crippen molar-refractivity contribution in [3.8, 4) is 0 Å². The van der Waals surface area contributed by atoms with E-state index < -0.39 is 24.0 Å². The predicted octanol–water partition coefficient (Wildman–Crippen LogP) is 1.99. The summed E-state index contributed by atoms with van der Waals surface area (Å²) in [6.45, 7) is 3.68. The molecule has 1 aromatic carbocycles. The third-order valence-corrected chi connectivity index (χ3v) is 3.35. The number of carbonyl (C=O) groups excluding carboxylic acids is 1. The van der Waals surface area contributed by atoms with E-state index in [0.717, 1.165) is 0 Å². The fourth-order valence-electron chi connectivity index (χ4n) is 1.93. The van der Waals surface area contributed by atoms with Crippen molar-refractivity contribution in [1.82, 2.24) is 5.32 Å². The number of ether oxygens (including phenoxy) is 1. The van der Waals surface area contributed by atoms with Crippen LogP contribution in [0.3, 0.4) is 0 Å². The van der Waals surface area contributed by atoms with Gasteiger partial charge in [0.25, 0.3) is 5.91 Å². The van der Waals surface area contributed by atoms with Crippen LogP contribution in [0.1, 0.15) is 31.9 Å². The number of hydrogen-bond acceptors (Lipinski definition) is 3. The van der Waals surface area contributed by atoms with Gasteiger partial charge in [0.2, 0.25) is 0 Å². The molecule has 5 heteroatoms. The molecule has 5 nitrogen and oxygen atoms in total. The summed E-state index contributed by atoms with van der Waals surface area (Å²) in [5, 5.41) is 11.7. The van der Waals surface area contributed by atoms with Gasteiger partial charge in [-0.1, -0.05) is 50.6 Å². The highest BCUT2D eigenvalue weighted by molar-refractivity contribution is 5.87. The van der Waals surface area contributed by atoms with Crippen molar-refractivity contribution in [3.05, 3.63) is 35.9 Å². The molecule has 0 fully saturated rings. The van der Waals surface area contributed by atoms with Crippen molar-refractivity contribution < 1.29 is 19.4 Å². The number of methoxy groups -OCH3 is 1. The maximum Gasteiger partial charge on any atom is 0.326 e. The zero-order valence-electron chi connectivity index (χ0n) is 12.0. The summed E-state index contributed by atoms with van der Waals surface area (Å²) in [6, 6.07) is 8.08. The highest BCUT2D eigenvalue weighted by Crippen LogP contribution is 2.17. The molecule has 0 bridgehead atoms. The van der Waals surface area contributed by atoms with Crippen LogP contribution in [0.2, 0.25) is 0 Å². The van der Waals surface area contributed by atoms with Crippen molar-refractivity contribution in [2.24, 2.45) is 5.92 Å². The van der Waals surface area contributed by atoms with Crippen LogP contribution < -0.4 is 5.32 Å². The van der Waals surface area contributed by atoms with Crippen molar-refractivity contribution in [2.75, 3.05) is 7.11 Å². The molecule has 0 aliphatic rings. The molecule has 1 rings (SSSR count). The van der Waals surface area contributed by atoms with Gasteiger partial charge < -0.3 is 15.2 Å². The fraction of sp³-hybridized carbons (Fsp3) is 0.467. The molecule has 0 heterocycles. The lowest BCUT2D eigenvalue weighted by Gasteiger charge is -2.23. The number of benzene rings is 1. The van der Waals surface area contributed by atoms with Crippen LogP contribution in [0.25, 0.3) is 0 Å². The maximum absolute atomic E-state index is 12.2. The Bertz CT molecular complexity index is 446. The van der Waals surface area contributed by atoms with E-state index in [0.29, 0.717) is 12.0 Å². The molecule has 0 saturated carbocycles. The maximum atomic E-state index is 12.2. The second-order valence-electron chi connectivity index (χ2n) is 4.74. The zero-order chi connectivity index (χ0) is 15.1. The Kier molecular flexibility index (Phi) is 6.18. The molecule has 1 aromatic rings. The van der Waals surface area contributed by atoms with Gasteiger partial charge in [-0.05, 0) is 11.5 Å². The van der Waals surface area contributed by atoms with Crippen molar-refractivity contribution in [3.63, 3.8) is 0 Å². The third kappa shape index (κ3) is 4.06. The van der Waals surface area contributed by atoms with E-state index in [4.69, 9.17) is 4.74 Å². The molecule has 0 spiro atoms. The van der Waals surface area contributed by atoms with Gasteiger partial charge in [-0.2, -0.15) is 0 Å². The Balaban J connectivity index is 2.84. The number of carboxylic acid groups (broad SMARTS) is 1. The average molecular weight is 279 g/mol. The Labute approximate surface area is 118 Å². The van der Waals surface area contributed by atoms with Crippen LogP contribution in [-0.4, -0.2) is 30.1 Å². The van der Waals surface area contributed by atoms with Gasteiger partial charge >= 0.3 is 5.97 Å². The summed E-state index contributed by atoms with van der Waals surface area (Å²) in [5.74, 6) is -1.62. The van der Waals surface area contributed by atoms with Crippen LogP contribution in [0.15, 0.2) is 30.3 Å². The van der Waals surface area contributed by atoms with E-state index in [1.54, 1.807) is 31.2 Å². The zero-order valence-corrected chi connectivity index (χ0v) is 12.0. The number of carbonyl (C=O) groups is 2. The minimum absolute atomic E-state index is 0.148. The number of rotatable bonds is 7. The minimum atomic E-state index is -1.03. The summed E-state index contributed by atoms with van der Waals surface area (Å²) in [4.78, 5) is 23.4. The Morgan fingerprint density at radius 3 is 2.35 bits per heavy atom. The summed E-state index contributed by atoms with van der Waals surface area (Å²) in [6.07, 6.45) is -0.137. The Hall–Kier alpha value is -1.88. The van der Waals surface area contributed by atoms with Crippen LogP contribution in [0.4, 0.5) is 0 Å². The summed E-state index contributed by atoms with van der Waals surface area (Å²) >= 11 is 0. The van der Waals surface area contributed by atoms with Crippen LogP contribution in [0, 0.1) is 5.92 Å². The SMILES string of the molecule is CCC(C)C(NC(=O)[C@H](OC)c1ccccc1)C(=O)O. The molecule has 0 aromatic heterocycles. The second kappa shape index (κ2) is 7.65. The molecule has 2 unspecified atom stereocenters. The van der Waals surface area contributed by atoms with Crippen molar-refractivity contribution in [2.45, 2.75) is 32.4 Å². The molecule has 1 amide bonds. The predicted molar refractivity (Wildman–Crippen MR) is 75.2 cm³/mol. The highest BCUT2D eigenvalue weighted by Gasteiger charge is 2.29. The minimum Gasteiger partial charge on any atom is -0.480 e. The van der Waals surface area contributed by atoms with E-state index in [9.17, 15) is 14.7 Å². The van der Waals surface area contributed by atoms with Gasteiger partial charge in [0.15, 0.2) is 6.10 Å². The Morgan fingerprint density at radius 2 is 1.90 bits per heavy atom. The molecule has 110 valence electrons. The quantitative estimate of drug-likeness (QED) is 0.800. The van der Waals surface area contributed by atoms with Crippen LogP contribution in [0.5, 0.6) is 0 Å². The van der Waals surface area contributed by atoms with Crippen molar-refractivity contribution in [1.29, 1.82) is 0 Å². The fourth-order valence-corrected chi connectivity index (χ4v) is 1.93. The van der Waals surface area contributed by atoms with E-state index in [1.165, 1.54) is 7.11 Å². The van der Waals surface area contributed by atoms with Gasteiger partial charge in [0.1, 0.15) is 6.04 Å². The van der Waals surface area contributed by atoms with E-state index in [-0.39, 0.29) is 5.92 Å². The molecular formula is C15H21NO4. The van der Waals surface area contributed by atoms with Gasteiger partial charge in [0, 0.05) is 7.11 Å². The molecular weight excluding hydrogens is 258 g/mol. The lowest BCUT2D eigenvalue weighted by molar-refractivity contribution is -0.145. The lowest BCUT2D eigenvalue weighted by Crippen LogP contribution is -2.47. The molecule has 3 atom stereocenters. The van der Waals surface area contributed by atoms with Crippen LogP contribution >= 0.6 is 0 Å². The molecule has 0 radical (unpaired) electrons. The first kappa shape index (κ1) is 16.2. The summed E-state index contributed by atoms with van der Waals surface area (Å²) < 4.78 is 5.19. The van der Waals surface area contributed by atoms with Gasteiger partial charge in [-0.25, -0.2) is 4.79 Å². The number of nitrogens with one attached hydrogen (secondary N) is 1. The lowest BCUT2D eigenvalue weighted by atomic mass is 9.98. The smallest absolute Gasteiger partial charge is 0.326 e. The number of hydrogen-bond donors (Lipinski definition) is 2. The summed E-state index contributed by atoms with van der Waals surface area (Å²) in [5.41, 5.74) is 0.695. The highest BCUT2D eigenvalue weighted by atomic mass is 16.5. The molecule has 0 aliphatic carbocycles. The molecule has 20 heavy (non-hydrogen) atoms. The number of carboxylic acids is 1. The van der Waals surface area contributed by atoms with Gasteiger partial charge in [-0.15, -0.1) is 0 Å². The van der Waals surface area contributed by atoms with Crippen LogP contribution in [-0.2, 0) is 14.3 Å². The van der Waals surface area contributed by atoms with Crippen molar-refractivity contribution >= 4 is 11.9 Å². The first-order valence-electron chi connectivity index (χ1n) is 6.62. The monoisotopic (exact) mass is 279 g/mol.